The van der Waals surface area contributed by atoms with E-state index < -0.39 is 0 Å². The van der Waals surface area contributed by atoms with Gasteiger partial charge in [-0.1, -0.05) is 13.3 Å². The maximum Gasteiger partial charge on any atom is 0.277 e. The van der Waals surface area contributed by atoms with Gasteiger partial charge in [-0.25, -0.2) is 4.98 Å². The number of aromatic nitrogens is 4. The molecule has 1 aliphatic heterocycles. The van der Waals surface area contributed by atoms with Crippen LogP contribution in [0.4, 0.5) is 0 Å². The molecule has 0 bridgehead atoms. The molecule has 1 N–H and O–H groups in total. The van der Waals surface area contributed by atoms with E-state index in [9.17, 15) is 14.4 Å². The minimum atomic E-state index is -0.287. The van der Waals surface area contributed by atoms with Gasteiger partial charge in [0.1, 0.15) is 17.1 Å². The lowest BCUT2D eigenvalue weighted by Gasteiger charge is -2.33. The Labute approximate surface area is 203 Å². The molecule has 0 saturated carbocycles. The molecule has 186 valence electrons. The molecule has 35 heavy (non-hydrogen) atoms. The van der Waals surface area contributed by atoms with Gasteiger partial charge in [0.05, 0.1) is 24.4 Å². The van der Waals surface area contributed by atoms with Gasteiger partial charge in [0.2, 0.25) is 5.91 Å². The van der Waals surface area contributed by atoms with Crippen molar-refractivity contribution in [3.63, 3.8) is 0 Å². The van der Waals surface area contributed by atoms with Crippen LogP contribution in [0.3, 0.4) is 0 Å². The standard InChI is InChI=1S/C25H32N6O4/c1-5-7-19-22-23(29(4)28-19)25(34)27-24(26-22)18-14-17(8-9-21(18)35-6-2)20(33)15-30-10-12-31(13-11-30)16(3)32/h8-9,14H,5-7,10-13,15H2,1-4H3,(H,26,27,34). The Hall–Kier alpha value is -3.53. The van der Waals surface area contributed by atoms with Gasteiger partial charge in [-0.15, -0.1) is 0 Å². The molecule has 4 rings (SSSR count). The van der Waals surface area contributed by atoms with Crippen LogP contribution in [-0.2, 0) is 18.3 Å². The highest BCUT2D eigenvalue weighted by Gasteiger charge is 2.22. The monoisotopic (exact) mass is 480 g/mol. The zero-order chi connectivity index (χ0) is 25.1. The van der Waals surface area contributed by atoms with Crippen molar-refractivity contribution in [2.45, 2.75) is 33.6 Å². The topological polar surface area (TPSA) is 113 Å². The smallest absolute Gasteiger partial charge is 0.277 e. The number of aryl methyl sites for hydroxylation is 2. The molecule has 10 heteroatoms. The van der Waals surface area contributed by atoms with Crippen LogP contribution in [0.2, 0.25) is 0 Å². The Morgan fingerprint density at radius 2 is 1.89 bits per heavy atom. The molecule has 10 nitrogen and oxygen atoms in total. The number of carbonyl (C=O) groups is 2. The van der Waals surface area contributed by atoms with Crippen molar-refractivity contribution < 1.29 is 14.3 Å². The van der Waals surface area contributed by atoms with Gasteiger partial charge in [-0.2, -0.15) is 5.10 Å². The number of benzene rings is 1. The van der Waals surface area contributed by atoms with Gasteiger partial charge >= 0.3 is 0 Å². The van der Waals surface area contributed by atoms with E-state index in [1.807, 2.05) is 6.92 Å². The second-order valence-corrected chi connectivity index (χ2v) is 8.78. The normalized spacial score (nSPS) is 14.5. The summed E-state index contributed by atoms with van der Waals surface area (Å²) in [6, 6.07) is 5.23. The maximum absolute atomic E-state index is 13.1. The van der Waals surface area contributed by atoms with E-state index in [2.05, 4.69) is 21.9 Å². The third-order valence-electron chi connectivity index (χ3n) is 6.29. The molecule has 1 fully saturated rings. The van der Waals surface area contributed by atoms with Crippen LogP contribution >= 0.6 is 0 Å². The van der Waals surface area contributed by atoms with E-state index in [1.165, 1.54) is 0 Å². The number of carbonyl (C=O) groups excluding carboxylic acids is 2. The van der Waals surface area contributed by atoms with Crippen molar-refractivity contribution in [1.82, 2.24) is 29.5 Å². The van der Waals surface area contributed by atoms with E-state index in [-0.39, 0.29) is 23.8 Å². The number of hydrogen-bond acceptors (Lipinski definition) is 7. The molecule has 0 atom stereocenters. The van der Waals surface area contributed by atoms with Gasteiger partial charge in [0.25, 0.3) is 5.56 Å². The summed E-state index contributed by atoms with van der Waals surface area (Å²) < 4.78 is 7.36. The zero-order valence-electron chi connectivity index (χ0n) is 20.8. The Balaban J connectivity index is 1.67. The van der Waals surface area contributed by atoms with Gasteiger partial charge in [0.15, 0.2) is 11.3 Å². The number of hydrogen-bond donors (Lipinski definition) is 1. The van der Waals surface area contributed by atoms with Crippen LogP contribution in [0.15, 0.2) is 23.0 Å². The first-order valence-corrected chi connectivity index (χ1v) is 12.1. The highest BCUT2D eigenvalue weighted by atomic mass is 16.5. The summed E-state index contributed by atoms with van der Waals surface area (Å²) in [6.07, 6.45) is 1.59. The Morgan fingerprint density at radius 1 is 1.14 bits per heavy atom. The molecule has 0 radical (unpaired) electrons. The lowest BCUT2D eigenvalue weighted by molar-refractivity contribution is -0.130. The van der Waals surface area contributed by atoms with Crippen molar-refractivity contribution in [3.05, 3.63) is 39.8 Å². The molecular formula is C25H32N6O4. The number of nitrogens with zero attached hydrogens (tertiary/aromatic N) is 5. The summed E-state index contributed by atoms with van der Waals surface area (Å²) in [5, 5.41) is 4.48. The molecule has 2 aromatic heterocycles. The van der Waals surface area contributed by atoms with Crippen LogP contribution in [-0.4, -0.2) is 80.6 Å². The predicted octanol–water partition coefficient (Wildman–Crippen LogP) is 2.02. The first kappa shape index (κ1) is 24.6. The third-order valence-corrected chi connectivity index (χ3v) is 6.29. The lowest BCUT2D eigenvalue weighted by atomic mass is 10.0. The van der Waals surface area contributed by atoms with E-state index in [4.69, 9.17) is 9.72 Å². The Kier molecular flexibility index (Phi) is 7.30. The molecule has 3 heterocycles. The predicted molar refractivity (Wildman–Crippen MR) is 133 cm³/mol. The summed E-state index contributed by atoms with van der Waals surface area (Å²) in [7, 11) is 1.74. The number of Topliss-reactive ketones (excluding diaryl/α,β-unsaturated/α-hetero) is 1. The second kappa shape index (κ2) is 10.4. The van der Waals surface area contributed by atoms with E-state index in [0.29, 0.717) is 72.9 Å². The van der Waals surface area contributed by atoms with Crippen LogP contribution in [0.25, 0.3) is 22.4 Å². The van der Waals surface area contributed by atoms with Crippen molar-refractivity contribution in [2.24, 2.45) is 7.05 Å². The highest BCUT2D eigenvalue weighted by molar-refractivity contribution is 5.99. The lowest BCUT2D eigenvalue weighted by Crippen LogP contribution is -2.49. The highest BCUT2D eigenvalue weighted by Crippen LogP contribution is 2.30. The van der Waals surface area contributed by atoms with Crippen molar-refractivity contribution >= 4 is 22.7 Å². The molecular weight excluding hydrogens is 448 g/mol. The van der Waals surface area contributed by atoms with E-state index in [0.717, 1.165) is 12.1 Å². The van der Waals surface area contributed by atoms with E-state index >= 15 is 0 Å². The number of rotatable bonds is 8. The number of fused-ring (bicyclic) bond motifs is 1. The number of aromatic amines is 1. The zero-order valence-corrected chi connectivity index (χ0v) is 20.8. The van der Waals surface area contributed by atoms with Gasteiger partial charge < -0.3 is 14.6 Å². The number of ether oxygens (including phenoxy) is 1. The summed E-state index contributed by atoms with van der Waals surface area (Å²) in [5.74, 6) is 0.909. The van der Waals surface area contributed by atoms with Crippen molar-refractivity contribution in [1.29, 1.82) is 0 Å². The first-order valence-electron chi connectivity index (χ1n) is 12.1. The van der Waals surface area contributed by atoms with Gasteiger partial charge in [-0.05, 0) is 31.5 Å². The number of piperazine rings is 1. The average Bonchev–Trinajstić information content (AvgIpc) is 3.15. The molecule has 0 spiro atoms. The minimum absolute atomic E-state index is 0.0398. The SMILES string of the molecule is CCCc1nn(C)c2c(=O)[nH]c(-c3cc(C(=O)CN4CCN(C(C)=O)CC4)ccc3OCC)nc12. The number of ketones is 1. The van der Waals surface area contributed by atoms with Crippen molar-refractivity contribution in [3.8, 4) is 17.1 Å². The number of nitrogens with one attached hydrogen (secondary N) is 1. The average molecular weight is 481 g/mol. The molecule has 1 amide bonds. The largest absolute Gasteiger partial charge is 0.493 e. The van der Waals surface area contributed by atoms with Gasteiger partial charge in [-0.3, -0.25) is 24.0 Å². The van der Waals surface area contributed by atoms with Crippen LogP contribution < -0.4 is 10.3 Å². The molecule has 1 aliphatic rings. The molecule has 0 aliphatic carbocycles. The fourth-order valence-corrected chi connectivity index (χ4v) is 4.46. The fraction of sp³-hybridized carbons (Fsp3) is 0.480. The van der Waals surface area contributed by atoms with Gasteiger partial charge in [0, 0.05) is 45.7 Å². The maximum atomic E-state index is 13.1. The number of H-pyrrole nitrogens is 1. The summed E-state index contributed by atoms with van der Waals surface area (Å²) >= 11 is 0. The molecule has 1 aromatic carbocycles. The van der Waals surface area contributed by atoms with Crippen LogP contribution in [0, 0.1) is 0 Å². The number of amides is 1. The van der Waals surface area contributed by atoms with Crippen LogP contribution in [0.1, 0.15) is 43.2 Å². The minimum Gasteiger partial charge on any atom is -0.493 e. The molecule has 1 saturated heterocycles. The summed E-state index contributed by atoms with van der Waals surface area (Å²) in [5.41, 5.74) is 2.55. The Bertz CT molecular complexity index is 1300. The summed E-state index contributed by atoms with van der Waals surface area (Å²) in [6.45, 7) is 8.73. The summed E-state index contributed by atoms with van der Waals surface area (Å²) in [4.78, 5) is 49.1. The van der Waals surface area contributed by atoms with Crippen LogP contribution in [0.5, 0.6) is 5.75 Å². The third kappa shape index (κ3) is 5.12. The Morgan fingerprint density at radius 3 is 2.54 bits per heavy atom. The fourth-order valence-electron chi connectivity index (χ4n) is 4.46. The quantitative estimate of drug-likeness (QED) is 0.491. The molecule has 0 unspecified atom stereocenters. The first-order chi connectivity index (χ1) is 16.8. The van der Waals surface area contributed by atoms with Crippen molar-refractivity contribution in [2.75, 3.05) is 39.3 Å². The molecule has 3 aromatic rings. The van der Waals surface area contributed by atoms with E-state index in [1.54, 1.807) is 41.8 Å². The second-order valence-electron chi connectivity index (χ2n) is 8.78.